The molecule has 0 radical (unpaired) electrons. The van der Waals surface area contributed by atoms with E-state index in [4.69, 9.17) is 0 Å². The van der Waals surface area contributed by atoms with Crippen molar-refractivity contribution >= 4 is 5.91 Å². The highest BCUT2D eigenvalue weighted by Gasteiger charge is 2.42. The van der Waals surface area contributed by atoms with Crippen LogP contribution in [0.3, 0.4) is 0 Å². The number of likely N-dealkylation sites (tertiary alicyclic amines) is 1. The number of carbonyl (C=O) groups excluding carboxylic acids is 1. The molecule has 3 aliphatic rings. The fourth-order valence-electron chi connectivity index (χ4n) is 4.62. The third kappa shape index (κ3) is 2.60. The quantitative estimate of drug-likeness (QED) is 0.852. The Morgan fingerprint density at radius 1 is 1.10 bits per heavy atom. The molecule has 0 saturated carbocycles. The molecule has 3 rings (SSSR count). The van der Waals surface area contributed by atoms with Crippen molar-refractivity contribution in [1.29, 1.82) is 0 Å². The van der Waals surface area contributed by atoms with Crippen LogP contribution in [0.2, 0.25) is 0 Å². The van der Waals surface area contributed by atoms with E-state index in [-0.39, 0.29) is 6.04 Å². The Kier molecular flexibility index (Phi) is 4.32. The predicted molar refractivity (Wildman–Crippen MR) is 80.6 cm³/mol. The normalized spacial score (nSPS) is 36.1. The first-order valence-corrected chi connectivity index (χ1v) is 8.44. The largest absolute Gasteiger partial charge is 0.341 e. The van der Waals surface area contributed by atoms with Gasteiger partial charge in [0.2, 0.25) is 5.91 Å². The van der Waals surface area contributed by atoms with Crippen LogP contribution in [0.4, 0.5) is 0 Å². The van der Waals surface area contributed by atoms with E-state index in [9.17, 15) is 4.79 Å². The minimum Gasteiger partial charge on any atom is -0.341 e. The first-order valence-electron chi connectivity index (χ1n) is 8.44. The topological polar surface area (TPSA) is 35.6 Å². The summed E-state index contributed by atoms with van der Waals surface area (Å²) in [6.45, 7) is 4.10. The Bertz CT molecular complexity index is 340. The molecule has 1 amide bonds. The molecular weight excluding hydrogens is 250 g/mol. The Morgan fingerprint density at radius 2 is 1.70 bits per heavy atom. The second-order valence-corrected chi connectivity index (χ2v) is 6.85. The summed E-state index contributed by atoms with van der Waals surface area (Å²) in [4.78, 5) is 17.4. The zero-order valence-corrected chi connectivity index (χ0v) is 13.0. The summed E-state index contributed by atoms with van der Waals surface area (Å²) in [7, 11) is 2.08. The number of nitrogens with one attached hydrogen (secondary N) is 1. The number of piperidine rings is 2. The second kappa shape index (κ2) is 6.02. The number of amides is 1. The van der Waals surface area contributed by atoms with Crippen molar-refractivity contribution in [3.05, 3.63) is 0 Å². The van der Waals surface area contributed by atoms with Gasteiger partial charge in [-0.05, 0) is 52.5 Å². The molecular formula is C16H29N3O. The van der Waals surface area contributed by atoms with E-state index in [1.807, 2.05) is 0 Å². The summed E-state index contributed by atoms with van der Waals surface area (Å²) in [6.07, 6.45) is 8.68. The molecule has 3 heterocycles. The Balaban J connectivity index is 1.70. The highest BCUT2D eigenvalue weighted by molar-refractivity contribution is 5.81. The third-order valence-electron chi connectivity index (χ3n) is 5.66. The third-order valence-corrected chi connectivity index (χ3v) is 5.66. The van der Waals surface area contributed by atoms with Gasteiger partial charge in [0.25, 0.3) is 0 Å². The van der Waals surface area contributed by atoms with Crippen LogP contribution in [0.5, 0.6) is 0 Å². The van der Waals surface area contributed by atoms with Gasteiger partial charge >= 0.3 is 0 Å². The van der Waals surface area contributed by atoms with Crippen molar-refractivity contribution in [2.75, 3.05) is 20.1 Å². The monoisotopic (exact) mass is 279 g/mol. The average Bonchev–Trinajstić information content (AvgIpc) is 2.98. The van der Waals surface area contributed by atoms with Crippen LogP contribution >= 0.6 is 0 Å². The maximum atomic E-state index is 12.7. The first kappa shape index (κ1) is 14.3. The number of rotatable bonds is 3. The SMILES string of the molecule is CNC1CC2CCCC(C1)N2C(C)C(=O)N1CCCC1. The highest BCUT2D eigenvalue weighted by atomic mass is 16.2. The Hall–Kier alpha value is -0.610. The summed E-state index contributed by atoms with van der Waals surface area (Å²) in [6, 6.07) is 1.96. The molecule has 0 aromatic carbocycles. The maximum Gasteiger partial charge on any atom is 0.239 e. The maximum absolute atomic E-state index is 12.7. The minimum absolute atomic E-state index is 0.0845. The lowest BCUT2D eigenvalue weighted by Gasteiger charge is -2.51. The number of hydrogen-bond donors (Lipinski definition) is 1. The van der Waals surface area contributed by atoms with Gasteiger partial charge in [-0.3, -0.25) is 9.69 Å². The Morgan fingerprint density at radius 3 is 2.25 bits per heavy atom. The van der Waals surface area contributed by atoms with Crippen molar-refractivity contribution < 1.29 is 4.79 Å². The molecule has 0 spiro atoms. The zero-order valence-electron chi connectivity index (χ0n) is 13.0. The van der Waals surface area contributed by atoms with Crippen LogP contribution in [0, 0.1) is 0 Å². The number of carbonyl (C=O) groups is 1. The van der Waals surface area contributed by atoms with Crippen LogP contribution in [0.25, 0.3) is 0 Å². The molecule has 3 fully saturated rings. The summed E-state index contributed by atoms with van der Waals surface area (Å²) < 4.78 is 0. The second-order valence-electron chi connectivity index (χ2n) is 6.85. The van der Waals surface area contributed by atoms with Crippen molar-refractivity contribution in [2.45, 2.75) is 76.0 Å². The van der Waals surface area contributed by atoms with Gasteiger partial charge in [0.15, 0.2) is 0 Å². The molecule has 0 aromatic heterocycles. The molecule has 20 heavy (non-hydrogen) atoms. The molecule has 114 valence electrons. The molecule has 3 atom stereocenters. The molecule has 2 bridgehead atoms. The summed E-state index contributed by atoms with van der Waals surface area (Å²) in [5.74, 6) is 0.377. The van der Waals surface area contributed by atoms with Crippen molar-refractivity contribution in [3.8, 4) is 0 Å². The van der Waals surface area contributed by atoms with Gasteiger partial charge in [-0.15, -0.1) is 0 Å². The van der Waals surface area contributed by atoms with E-state index in [0.717, 1.165) is 13.1 Å². The molecule has 3 saturated heterocycles. The van der Waals surface area contributed by atoms with E-state index >= 15 is 0 Å². The molecule has 1 N–H and O–H groups in total. The van der Waals surface area contributed by atoms with Gasteiger partial charge in [0.05, 0.1) is 6.04 Å². The standard InChI is InChI=1S/C16H29N3O/c1-12(16(20)18-8-3-4-9-18)19-14-6-5-7-15(19)11-13(10-14)17-2/h12-15,17H,3-11H2,1-2H3. The molecule has 0 aliphatic carbocycles. The van der Waals surface area contributed by atoms with Crippen LogP contribution in [-0.2, 0) is 4.79 Å². The van der Waals surface area contributed by atoms with Gasteiger partial charge in [0.1, 0.15) is 0 Å². The average molecular weight is 279 g/mol. The van der Waals surface area contributed by atoms with Crippen molar-refractivity contribution in [3.63, 3.8) is 0 Å². The van der Waals surface area contributed by atoms with Gasteiger partial charge in [-0.2, -0.15) is 0 Å². The van der Waals surface area contributed by atoms with E-state index in [0.29, 0.717) is 24.0 Å². The fourth-order valence-corrected chi connectivity index (χ4v) is 4.62. The number of hydrogen-bond acceptors (Lipinski definition) is 3. The first-order chi connectivity index (χ1) is 9.70. The van der Waals surface area contributed by atoms with E-state index < -0.39 is 0 Å². The molecule has 3 aliphatic heterocycles. The van der Waals surface area contributed by atoms with Gasteiger partial charge < -0.3 is 10.2 Å². The lowest BCUT2D eigenvalue weighted by atomic mass is 9.80. The van der Waals surface area contributed by atoms with Gasteiger partial charge in [0, 0.05) is 31.2 Å². The summed E-state index contributed by atoms with van der Waals surface area (Å²) >= 11 is 0. The lowest BCUT2D eigenvalue weighted by molar-refractivity contribution is -0.140. The lowest BCUT2D eigenvalue weighted by Crippen LogP contribution is -2.61. The Labute approximate surface area is 122 Å². The van der Waals surface area contributed by atoms with E-state index in [2.05, 4.69) is 29.1 Å². The molecule has 0 aromatic rings. The number of nitrogens with zero attached hydrogens (tertiary/aromatic N) is 2. The van der Waals surface area contributed by atoms with Crippen LogP contribution < -0.4 is 5.32 Å². The summed E-state index contributed by atoms with van der Waals surface area (Å²) in [5, 5.41) is 3.45. The molecule has 3 unspecified atom stereocenters. The summed E-state index contributed by atoms with van der Waals surface area (Å²) in [5.41, 5.74) is 0. The highest BCUT2D eigenvalue weighted by Crippen LogP contribution is 2.36. The zero-order chi connectivity index (χ0) is 14.1. The van der Waals surface area contributed by atoms with Crippen molar-refractivity contribution in [2.24, 2.45) is 0 Å². The predicted octanol–water partition coefficient (Wildman–Crippen LogP) is 1.60. The van der Waals surface area contributed by atoms with Crippen LogP contribution in [0.1, 0.15) is 51.9 Å². The fraction of sp³-hybridized carbons (Fsp3) is 0.938. The van der Waals surface area contributed by atoms with Crippen LogP contribution in [-0.4, -0.2) is 60.0 Å². The van der Waals surface area contributed by atoms with E-state index in [1.165, 1.54) is 44.9 Å². The number of fused-ring (bicyclic) bond motifs is 2. The smallest absolute Gasteiger partial charge is 0.239 e. The van der Waals surface area contributed by atoms with E-state index in [1.54, 1.807) is 0 Å². The van der Waals surface area contributed by atoms with Crippen molar-refractivity contribution in [1.82, 2.24) is 15.1 Å². The van der Waals surface area contributed by atoms with Gasteiger partial charge in [-0.1, -0.05) is 6.42 Å². The minimum atomic E-state index is 0.0845. The van der Waals surface area contributed by atoms with Crippen LogP contribution in [0.15, 0.2) is 0 Å². The molecule has 4 heteroatoms. The van der Waals surface area contributed by atoms with Gasteiger partial charge in [-0.25, -0.2) is 0 Å². The molecule has 4 nitrogen and oxygen atoms in total.